The highest BCUT2D eigenvalue weighted by atomic mass is 15.2. The number of nitrogens with two attached hydrogens (primary N) is 1. The van der Waals surface area contributed by atoms with Gasteiger partial charge in [0, 0.05) is 6.04 Å². The van der Waals surface area contributed by atoms with Crippen LogP contribution in [-0.4, -0.2) is 6.04 Å². The van der Waals surface area contributed by atoms with Gasteiger partial charge in [0.1, 0.15) is 0 Å². The van der Waals surface area contributed by atoms with E-state index >= 15 is 0 Å². The van der Waals surface area contributed by atoms with Gasteiger partial charge in [-0.25, -0.2) is 0 Å². The highest BCUT2D eigenvalue weighted by Gasteiger charge is 2.66. The number of nitrogens with one attached hydrogen (secondary N) is 1. The second kappa shape index (κ2) is 3.85. The molecule has 5 unspecified atom stereocenters. The van der Waals surface area contributed by atoms with Crippen LogP contribution in [0.25, 0.3) is 0 Å². The maximum atomic E-state index is 5.73. The summed E-state index contributed by atoms with van der Waals surface area (Å²) in [4.78, 5) is 0. The van der Waals surface area contributed by atoms with Crippen LogP contribution in [0.3, 0.4) is 0 Å². The predicted molar refractivity (Wildman–Crippen MR) is 66.5 cm³/mol. The minimum atomic E-state index is 0.551. The van der Waals surface area contributed by atoms with Crippen LogP contribution in [0.4, 0.5) is 0 Å². The molecule has 5 atom stereocenters. The first kappa shape index (κ1) is 10.8. The zero-order valence-electron chi connectivity index (χ0n) is 10.3. The first-order valence-corrected chi connectivity index (χ1v) is 6.83. The highest BCUT2D eigenvalue weighted by molar-refractivity contribution is 5.15. The largest absolute Gasteiger partial charge is 0.271 e. The summed E-state index contributed by atoms with van der Waals surface area (Å²) in [6.07, 6.45) is 6.84. The van der Waals surface area contributed by atoms with Gasteiger partial charge in [0.2, 0.25) is 0 Å². The fraction of sp³-hybridized carbons (Fsp3) is 0.857. The fourth-order valence-corrected chi connectivity index (χ4v) is 4.72. The maximum absolute atomic E-state index is 5.73. The fourth-order valence-electron chi connectivity index (χ4n) is 4.72. The molecular formula is C14H24N2. The molecule has 2 nitrogen and oxygen atoms in total. The van der Waals surface area contributed by atoms with Crippen molar-refractivity contribution in [3.8, 4) is 0 Å². The number of hydrazine groups is 1. The Morgan fingerprint density at radius 2 is 2.00 bits per heavy atom. The Balaban J connectivity index is 1.59. The Morgan fingerprint density at radius 3 is 2.50 bits per heavy atom. The molecule has 3 saturated carbocycles. The molecule has 3 aliphatic rings. The van der Waals surface area contributed by atoms with Gasteiger partial charge in [0.15, 0.2) is 0 Å². The Bertz CT molecular complexity index is 283. The van der Waals surface area contributed by atoms with Gasteiger partial charge in [0.05, 0.1) is 0 Å². The highest BCUT2D eigenvalue weighted by Crippen LogP contribution is 2.70. The lowest BCUT2D eigenvalue weighted by Crippen LogP contribution is -2.38. The molecule has 3 rings (SSSR count). The van der Waals surface area contributed by atoms with Gasteiger partial charge in [-0.05, 0) is 68.6 Å². The lowest BCUT2D eigenvalue weighted by molar-refractivity contribution is 0.352. The molecule has 0 amide bonds. The van der Waals surface area contributed by atoms with Crippen LogP contribution in [0.5, 0.6) is 0 Å². The monoisotopic (exact) mass is 220 g/mol. The van der Waals surface area contributed by atoms with Crippen molar-refractivity contribution in [3.63, 3.8) is 0 Å². The van der Waals surface area contributed by atoms with E-state index in [4.69, 9.17) is 5.84 Å². The molecule has 0 heterocycles. The summed E-state index contributed by atoms with van der Waals surface area (Å²) in [7, 11) is 0. The van der Waals surface area contributed by atoms with Gasteiger partial charge < -0.3 is 0 Å². The minimum Gasteiger partial charge on any atom is -0.271 e. The molecule has 0 aliphatic heterocycles. The van der Waals surface area contributed by atoms with Crippen LogP contribution in [0.2, 0.25) is 0 Å². The predicted octanol–water partition coefficient (Wildman–Crippen LogP) is 2.47. The van der Waals surface area contributed by atoms with E-state index in [1.807, 2.05) is 0 Å². The summed E-state index contributed by atoms with van der Waals surface area (Å²) in [5, 5.41) is 0. The molecule has 0 radical (unpaired) electrons. The smallest absolute Gasteiger partial charge is 0.0247 e. The molecule has 90 valence electrons. The van der Waals surface area contributed by atoms with E-state index in [0.29, 0.717) is 6.04 Å². The third kappa shape index (κ3) is 1.54. The lowest BCUT2D eigenvalue weighted by atomic mass is 9.94. The molecular weight excluding hydrogens is 196 g/mol. The van der Waals surface area contributed by atoms with Crippen LogP contribution < -0.4 is 11.3 Å². The second-order valence-corrected chi connectivity index (χ2v) is 6.33. The molecule has 0 aromatic carbocycles. The van der Waals surface area contributed by atoms with E-state index in [1.165, 1.54) is 31.3 Å². The van der Waals surface area contributed by atoms with Gasteiger partial charge in [-0.3, -0.25) is 11.3 Å². The number of allylic oxidation sites excluding steroid dienone is 1. The Hall–Kier alpha value is -0.340. The van der Waals surface area contributed by atoms with Gasteiger partial charge >= 0.3 is 0 Å². The van der Waals surface area contributed by atoms with E-state index in [9.17, 15) is 0 Å². The van der Waals surface area contributed by atoms with Crippen molar-refractivity contribution in [2.45, 2.75) is 45.1 Å². The average molecular weight is 220 g/mol. The third-order valence-electron chi connectivity index (χ3n) is 5.36. The number of hydrogen-bond acceptors (Lipinski definition) is 2. The first-order chi connectivity index (χ1) is 7.72. The third-order valence-corrected chi connectivity index (χ3v) is 5.36. The van der Waals surface area contributed by atoms with Crippen LogP contribution in [0.15, 0.2) is 12.2 Å². The molecule has 2 bridgehead atoms. The molecule has 2 heteroatoms. The SMILES string of the molecule is C=C(C)CCC(NN)C1C2C3CCC(C3)C21. The molecule has 0 aromatic heterocycles. The van der Waals surface area contributed by atoms with Crippen LogP contribution in [0.1, 0.15) is 39.0 Å². The van der Waals surface area contributed by atoms with Crippen molar-refractivity contribution < 1.29 is 0 Å². The van der Waals surface area contributed by atoms with Crippen molar-refractivity contribution in [2.75, 3.05) is 0 Å². The van der Waals surface area contributed by atoms with Gasteiger partial charge in [-0.15, -0.1) is 6.58 Å². The van der Waals surface area contributed by atoms with Crippen molar-refractivity contribution >= 4 is 0 Å². The molecule has 3 fully saturated rings. The molecule has 0 saturated heterocycles. The molecule has 0 aromatic rings. The Kier molecular flexibility index (Phi) is 2.60. The lowest BCUT2D eigenvalue weighted by Gasteiger charge is -2.19. The quantitative estimate of drug-likeness (QED) is 0.424. The summed E-state index contributed by atoms with van der Waals surface area (Å²) < 4.78 is 0. The Labute approximate surface area is 98.6 Å². The maximum Gasteiger partial charge on any atom is 0.0247 e. The van der Waals surface area contributed by atoms with Gasteiger partial charge in [-0.1, -0.05) is 5.57 Å². The zero-order valence-corrected chi connectivity index (χ0v) is 10.3. The standard InChI is InChI=1S/C14H24N2/c1-8(2)3-6-11(16-15)14-12-9-4-5-10(7-9)13(12)14/h9-14,16H,1,3-7,15H2,2H3. The van der Waals surface area contributed by atoms with E-state index in [0.717, 1.165) is 36.0 Å². The van der Waals surface area contributed by atoms with Crippen molar-refractivity contribution in [3.05, 3.63) is 12.2 Å². The normalized spacial score (nSPS) is 45.5. The Morgan fingerprint density at radius 1 is 1.38 bits per heavy atom. The molecule has 3 aliphatic carbocycles. The summed E-state index contributed by atoms with van der Waals surface area (Å²) in [6, 6.07) is 0.551. The van der Waals surface area contributed by atoms with E-state index < -0.39 is 0 Å². The summed E-state index contributed by atoms with van der Waals surface area (Å²) >= 11 is 0. The van der Waals surface area contributed by atoms with Crippen molar-refractivity contribution in [2.24, 2.45) is 35.4 Å². The van der Waals surface area contributed by atoms with Gasteiger partial charge in [0.25, 0.3) is 0 Å². The van der Waals surface area contributed by atoms with Crippen LogP contribution in [-0.2, 0) is 0 Å². The zero-order chi connectivity index (χ0) is 11.3. The summed E-state index contributed by atoms with van der Waals surface area (Å²) in [5.74, 6) is 10.8. The summed E-state index contributed by atoms with van der Waals surface area (Å²) in [6.45, 7) is 6.10. The number of hydrogen-bond donors (Lipinski definition) is 2. The van der Waals surface area contributed by atoms with Crippen molar-refractivity contribution in [1.29, 1.82) is 0 Å². The molecule has 0 spiro atoms. The van der Waals surface area contributed by atoms with E-state index in [1.54, 1.807) is 0 Å². The molecule has 3 N–H and O–H groups in total. The topological polar surface area (TPSA) is 38.0 Å². The average Bonchev–Trinajstić information content (AvgIpc) is 2.69. The number of rotatable bonds is 5. The van der Waals surface area contributed by atoms with E-state index in [2.05, 4.69) is 18.9 Å². The number of fused-ring (bicyclic) bond motifs is 5. The molecule has 16 heavy (non-hydrogen) atoms. The van der Waals surface area contributed by atoms with Crippen molar-refractivity contribution in [1.82, 2.24) is 5.43 Å². The van der Waals surface area contributed by atoms with Crippen LogP contribution >= 0.6 is 0 Å². The van der Waals surface area contributed by atoms with Gasteiger partial charge in [-0.2, -0.15) is 0 Å². The van der Waals surface area contributed by atoms with Crippen LogP contribution in [0, 0.1) is 29.6 Å². The minimum absolute atomic E-state index is 0.551. The first-order valence-electron chi connectivity index (χ1n) is 6.83. The summed E-state index contributed by atoms with van der Waals surface area (Å²) in [5.41, 5.74) is 4.36. The second-order valence-electron chi connectivity index (χ2n) is 6.33. The van der Waals surface area contributed by atoms with E-state index in [-0.39, 0.29) is 0 Å².